The minimum Gasteiger partial charge on any atom is -0.404 e. The topological polar surface area (TPSA) is 45.3 Å². The largest absolute Gasteiger partial charge is 0.573 e. The van der Waals surface area contributed by atoms with Crippen LogP contribution in [0.1, 0.15) is 32.1 Å². The monoisotopic (exact) mass is 559 g/mol. The van der Waals surface area contributed by atoms with Gasteiger partial charge < -0.3 is 19.3 Å². The first-order valence-corrected chi connectivity index (χ1v) is 13.0. The Hall–Kier alpha value is -3.15. The highest BCUT2D eigenvalue weighted by Gasteiger charge is 2.35. The third kappa shape index (κ3) is 8.17. The number of anilines is 2. The van der Waals surface area contributed by atoms with Crippen molar-refractivity contribution in [3.05, 3.63) is 48.5 Å². The molecule has 0 N–H and O–H groups in total. The van der Waals surface area contributed by atoms with Gasteiger partial charge in [0.25, 0.3) is 0 Å². The van der Waals surface area contributed by atoms with Crippen molar-refractivity contribution in [2.75, 3.05) is 49.1 Å². The highest BCUT2D eigenvalue weighted by atomic mass is 19.4. The quantitative estimate of drug-likeness (QED) is 0.360. The van der Waals surface area contributed by atoms with Crippen LogP contribution in [0.15, 0.2) is 48.5 Å². The van der Waals surface area contributed by atoms with Gasteiger partial charge in [-0.15, -0.1) is 26.3 Å². The summed E-state index contributed by atoms with van der Waals surface area (Å²) in [7, 11) is 0. The molecule has 2 aromatic rings. The predicted octanol–water partition coefficient (Wildman–Crippen LogP) is 6.22. The molecule has 39 heavy (non-hydrogen) atoms. The van der Waals surface area contributed by atoms with Crippen LogP contribution in [0, 0.1) is 5.92 Å². The van der Waals surface area contributed by atoms with Gasteiger partial charge in [-0.05, 0) is 37.1 Å². The van der Waals surface area contributed by atoms with Crippen molar-refractivity contribution >= 4 is 17.3 Å². The van der Waals surface area contributed by atoms with E-state index in [4.69, 9.17) is 0 Å². The van der Waals surface area contributed by atoms with Gasteiger partial charge in [-0.25, -0.2) is 0 Å². The van der Waals surface area contributed by atoms with Gasteiger partial charge in [0.1, 0.15) is 0 Å². The van der Waals surface area contributed by atoms with Gasteiger partial charge in [0.05, 0.1) is 11.4 Å². The van der Waals surface area contributed by atoms with E-state index < -0.39 is 18.5 Å². The first-order chi connectivity index (χ1) is 18.5. The van der Waals surface area contributed by atoms with Crippen LogP contribution in [0.25, 0.3) is 0 Å². The number of benzene rings is 2. The van der Waals surface area contributed by atoms with Crippen molar-refractivity contribution in [1.82, 2.24) is 4.90 Å². The molecule has 214 valence electrons. The van der Waals surface area contributed by atoms with E-state index in [1.54, 1.807) is 23.1 Å². The van der Waals surface area contributed by atoms with Gasteiger partial charge in [-0.2, -0.15) is 0 Å². The van der Waals surface area contributed by atoms with Crippen LogP contribution in [-0.4, -0.2) is 62.8 Å². The Balaban J connectivity index is 1.45. The summed E-state index contributed by atoms with van der Waals surface area (Å²) in [5.74, 6) is -1.19. The van der Waals surface area contributed by atoms with E-state index in [1.807, 2.05) is 4.90 Å². The second kappa shape index (κ2) is 12.4. The SMILES string of the molecule is O=C(C1CCCCC1)N(CCN1CCN(c2ccccc2OC(F)(F)F)CC1)c1ccccc1OC(F)(F)F. The number of ether oxygens (including phenoxy) is 2. The highest BCUT2D eigenvalue weighted by molar-refractivity contribution is 5.96. The van der Waals surface area contributed by atoms with E-state index in [9.17, 15) is 31.1 Å². The van der Waals surface area contributed by atoms with Crippen molar-refractivity contribution < 1.29 is 40.6 Å². The minimum atomic E-state index is -4.90. The molecule has 1 saturated carbocycles. The number of carbonyl (C=O) groups is 1. The number of hydrogen-bond acceptors (Lipinski definition) is 5. The smallest absolute Gasteiger partial charge is 0.404 e. The van der Waals surface area contributed by atoms with Crippen LogP contribution in [0.2, 0.25) is 0 Å². The molecule has 1 heterocycles. The fourth-order valence-corrected chi connectivity index (χ4v) is 5.19. The first-order valence-electron chi connectivity index (χ1n) is 13.0. The zero-order valence-electron chi connectivity index (χ0n) is 21.3. The van der Waals surface area contributed by atoms with Gasteiger partial charge in [-0.1, -0.05) is 43.5 Å². The molecular weight excluding hydrogens is 528 g/mol. The van der Waals surface area contributed by atoms with E-state index >= 15 is 0 Å². The number of alkyl halides is 6. The van der Waals surface area contributed by atoms with Crippen molar-refractivity contribution in [2.24, 2.45) is 5.92 Å². The lowest BCUT2D eigenvalue weighted by molar-refractivity contribution is -0.275. The maximum absolute atomic E-state index is 13.5. The molecule has 1 saturated heterocycles. The summed E-state index contributed by atoms with van der Waals surface area (Å²) in [5.41, 5.74) is 0.407. The number of rotatable bonds is 8. The second-order valence-corrected chi connectivity index (χ2v) is 9.68. The van der Waals surface area contributed by atoms with Crippen LogP contribution in [0.5, 0.6) is 11.5 Å². The Morgan fingerprint density at radius 3 is 2.00 bits per heavy atom. The fraction of sp³-hybridized carbons (Fsp3) is 0.519. The Kier molecular flexibility index (Phi) is 9.14. The van der Waals surface area contributed by atoms with Gasteiger partial charge in [0, 0.05) is 45.2 Å². The maximum atomic E-state index is 13.5. The number of para-hydroxylation sites is 4. The molecule has 0 bridgehead atoms. The van der Waals surface area contributed by atoms with Gasteiger partial charge in [0.2, 0.25) is 5.91 Å². The summed E-state index contributed by atoms with van der Waals surface area (Å²) in [6.07, 6.45) is -5.51. The Labute approximate surface area is 223 Å². The average molecular weight is 560 g/mol. The molecule has 0 radical (unpaired) electrons. The van der Waals surface area contributed by atoms with Crippen LogP contribution in [0.3, 0.4) is 0 Å². The Bertz CT molecular complexity index is 1100. The van der Waals surface area contributed by atoms with Gasteiger partial charge in [0.15, 0.2) is 11.5 Å². The number of carbonyl (C=O) groups excluding carboxylic acids is 1. The van der Waals surface area contributed by atoms with Crippen LogP contribution in [-0.2, 0) is 4.79 Å². The van der Waals surface area contributed by atoms with E-state index in [-0.39, 0.29) is 29.8 Å². The van der Waals surface area contributed by atoms with E-state index in [1.165, 1.54) is 35.2 Å². The Morgan fingerprint density at radius 2 is 1.36 bits per heavy atom. The summed E-state index contributed by atoms with van der Waals surface area (Å²) < 4.78 is 86.2. The molecule has 2 aromatic carbocycles. The third-order valence-corrected chi connectivity index (χ3v) is 7.05. The molecule has 1 amide bonds. The van der Waals surface area contributed by atoms with Crippen LogP contribution >= 0.6 is 0 Å². The molecule has 0 spiro atoms. The lowest BCUT2D eigenvalue weighted by Gasteiger charge is -2.38. The molecule has 1 aliphatic carbocycles. The zero-order chi connectivity index (χ0) is 28.0. The van der Waals surface area contributed by atoms with E-state index in [0.29, 0.717) is 51.3 Å². The molecule has 12 heteroatoms. The number of hydrogen-bond donors (Lipinski definition) is 0. The lowest BCUT2D eigenvalue weighted by atomic mass is 9.88. The molecule has 0 atom stereocenters. The van der Waals surface area contributed by atoms with Crippen molar-refractivity contribution in [3.63, 3.8) is 0 Å². The molecule has 6 nitrogen and oxygen atoms in total. The molecule has 1 aliphatic heterocycles. The zero-order valence-corrected chi connectivity index (χ0v) is 21.3. The third-order valence-electron chi connectivity index (χ3n) is 7.05. The summed E-state index contributed by atoms with van der Waals surface area (Å²) in [6.45, 7) is 2.36. The minimum absolute atomic E-state index is 0.0715. The van der Waals surface area contributed by atoms with E-state index in [2.05, 4.69) is 9.47 Å². The normalized spacial score (nSPS) is 17.6. The maximum Gasteiger partial charge on any atom is 0.573 e. The van der Waals surface area contributed by atoms with E-state index in [0.717, 1.165) is 19.3 Å². The standard InChI is InChI=1S/C27H31F6N3O3/c28-26(29,30)38-23-12-6-4-10-21(23)35-17-14-34(15-18-35)16-19-36(25(37)20-8-2-1-3-9-20)22-11-5-7-13-24(22)39-27(31,32)33/h4-7,10-13,20H,1-3,8-9,14-19H2. The molecule has 2 fully saturated rings. The predicted molar refractivity (Wildman–Crippen MR) is 134 cm³/mol. The molecule has 2 aliphatic rings. The number of amides is 1. The highest BCUT2D eigenvalue weighted by Crippen LogP contribution is 2.36. The number of piperazine rings is 1. The Morgan fingerprint density at radius 1 is 0.795 bits per heavy atom. The van der Waals surface area contributed by atoms with Crippen molar-refractivity contribution in [1.29, 1.82) is 0 Å². The number of nitrogens with zero attached hydrogens (tertiary/aromatic N) is 3. The molecular formula is C27H31F6N3O3. The first kappa shape index (κ1) is 28.8. The number of halogens is 6. The van der Waals surface area contributed by atoms with Crippen molar-refractivity contribution in [2.45, 2.75) is 44.8 Å². The average Bonchev–Trinajstić information content (AvgIpc) is 2.89. The van der Waals surface area contributed by atoms with Gasteiger partial charge >= 0.3 is 12.7 Å². The summed E-state index contributed by atoms with van der Waals surface area (Å²) in [6, 6.07) is 11.6. The van der Waals surface area contributed by atoms with Crippen molar-refractivity contribution in [3.8, 4) is 11.5 Å². The van der Waals surface area contributed by atoms with Crippen LogP contribution < -0.4 is 19.3 Å². The summed E-state index contributed by atoms with van der Waals surface area (Å²) in [4.78, 5) is 18.8. The fourth-order valence-electron chi connectivity index (χ4n) is 5.19. The molecule has 0 aromatic heterocycles. The summed E-state index contributed by atoms with van der Waals surface area (Å²) in [5, 5.41) is 0. The second-order valence-electron chi connectivity index (χ2n) is 9.68. The van der Waals surface area contributed by atoms with Gasteiger partial charge in [-0.3, -0.25) is 9.69 Å². The molecule has 4 rings (SSSR count). The molecule has 0 unspecified atom stereocenters. The summed E-state index contributed by atoms with van der Waals surface area (Å²) >= 11 is 0. The lowest BCUT2D eigenvalue weighted by Crippen LogP contribution is -2.50. The van der Waals surface area contributed by atoms with Crippen LogP contribution in [0.4, 0.5) is 37.7 Å².